The Kier molecular flexibility index (Phi) is 12.4. The van der Waals surface area contributed by atoms with Crippen LogP contribution in [-0.4, -0.2) is 94.2 Å². The molecular formula is C36H52N4O7S. The van der Waals surface area contributed by atoms with E-state index in [9.17, 15) is 24.3 Å². The van der Waals surface area contributed by atoms with Crippen molar-refractivity contribution in [3.05, 3.63) is 41.0 Å². The molecule has 0 aliphatic carbocycles. The molecule has 2 aliphatic heterocycles. The quantitative estimate of drug-likeness (QED) is 0.282. The van der Waals surface area contributed by atoms with Gasteiger partial charge in [0, 0.05) is 51.5 Å². The molecule has 2 saturated heterocycles. The first-order valence-corrected chi connectivity index (χ1v) is 17.7. The molecule has 0 saturated carbocycles. The summed E-state index contributed by atoms with van der Waals surface area (Å²) in [5.41, 5.74) is 3.71. The Morgan fingerprint density at radius 3 is 2.35 bits per heavy atom. The zero-order valence-electron chi connectivity index (χ0n) is 29.4. The summed E-state index contributed by atoms with van der Waals surface area (Å²) in [7, 11) is 0. The van der Waals surface area contributed by atoms with E-state index in [2.05, 4.69) is 10.3 Å². The summed E-state index contributed by atoms with van der Waals surface area (Å²) in [6.45, 7) is 15.2. The molecule has 2 aliphatic rings. The summed E-state index contributed by atoms with van der Waals surface area (Å²) in [6, 6.07) is 7.10. The second-order valence-corrected chi connectivity index (χ2v) is 16.0. The number of aromatic nitrogens is 1. The van der Waals surface area contributed by atoms with Crippen LogP contribution in [0.25, 0.3) is 10.4 Å². The van der Waals surface area contributed by atoms with Crippen molar-refractivity contribution in [3.8, 4) is 10.4 Å². The van der Waals surface area contributed by atoms with Crippen LogP contribution in [0.3, 0.4) is 0 Å². The Hall–Kier alpha value is -3.35. The third kappa shape index (κ3) is 10.3. The van der Waals surface area contributed by atoms with E-state index in [0.29, 0.717) is 25.6 Å². The maximum Gasteiger partial charge on any atom is 0.410 e. The van der Waals surface area contributed by atoms with Crippen molar-refractivity contribution in [2.45, 2.75) is 98.4 Å². The predicted molar refractivity (Wildman–Crippen MR) is 184 cm³/mol. The van der Waals surface area contributed by atoms with Crippen LogP contribution in [0, 0.1) is 24.2 Å². The number of Topliss-reactive ketones (excluding diaryl/α,β-unsaturated/α-hetero) is 1. The van der Waals surface area contributed by atoms with Crippen molar-refractivity contribution in [1.82, 2.24) is 20.1 Å². The number of amides is 3. The molecule has 1 aromatic heterocycles. The summed E-state index contributed by atoms with van der Waals surface area (Å²) in [4.78, 5) is 60.8. The molecule has 0 unspecified atom stereocenters. The Labute approximate surface area is 288 Å². The fourth-order valence-corrected chi connectivity index (χ4v) is 6.92. The second kappa shape index (κ2) is 15.9. The molecule has 2 N–H and O–H groups in total. The van der Waals surface area contributed by atoms with Gasteiger partial charge in [-0.2, -0.15) is 0 Å². The van der Waals surface area contributed by atoms with Gasteiger partial charge in [0.05, 0.1) is 22.2 Å². The zero-order valence-corrected chi connectivity index (χ0v) is 30.2. The van der Waals surface area contributed by atoms with Gasteiger partial charge in [-0.15, -0.1) is 11.3 Å². The molecule has 2 aromatic rings. The van der Waals surface area contributed by atoms with Crippen LogP contribution < -0.4 is 5.32 Å². The molecule has 0 radical (unpaired) electrons. The molecule has 1 aromatic carbocycles. The van der Waals surface area contributed by atoms with Gasteiger partial charge < -0.3 is 29.7 Å². The first-order valence-electron chi connectivity index (χ1n) is 16.8. The largest absolute Gasteiger partial charge is 0.444 e. The smallest absolute Gasteiger partial charge is 0.410 e. The Morgan fingerprint density at radius 2 is 1.75 bits per heavy atom. The van der Waals surface area contributed by atoms with Crippen molar-refractivity contribution in [2.75, 3.05) is 32.8 Å². The van der Waals surface area contributed by atoms with Gasteiger partial charge in [-0.25, -0.2) is 9.78 Å². The van der Waals surface area contributed by atoms with E-state index in [1.165, 1.54) is 4.90 Å². The molecule has 0 bridgehead atoms. The fourth-order valence-electron chi connectivity index (χ4n) is 6.10. The van der Waals surface area contributed by atoms with Crippen molar-refractivity contribution < 1.29 is 33.8 Å². The summed E-state index contributed by atoms with van der Waals surface area (Å²) in [5, 5.41) is 13.4. The van der Waals surface area contributed by atoms with E-state index in [1.54, 1.807) is 16.2 Å². The molecule has 48 heavy (non-hydrogen) atoms. The summed E-state index contributed by atoms with van der Waals surface area (Å²) in [5.74, 6) is -1.10. The van der Waals surface area contributed by atoms with Crippen molar-refractivity contribution in [2.24, 2.45) is 17.3 Å². The van der Waals surface area contributed by atoms with E-state index < -0.39 is 29.1 Å². The number of nitrogens with zero attached hydrogens (tertiary/aromatic N) is 3. The third-order valence-corrected chi connectivity index (χ3v) is 9.82. The Morgan fingerprint density at radius 1 is 1.06 bits per heavy atom. The summed E-state index contributed by atoms with van der Waals surface area (Å²) < 4.78 is 11.1. The Bertz CT molecular complexity index is 1420. The number of carbonyl (C=O) groups excluding carboxylic acids is 4. The van der Waals surface area contributed by atoms with Gasteiger partial charge in [0.15, 0.2) is 5.78 Å². The van der Waals surface area contributed by atoms with E-state index in [1.807, 2.05) is 78.2 Å². The lowest BCUT2D eigenvalue weighted by atomic mass is 9.77. The van der Waals surface area contributed by atoms with Crippen LogP contribution in [0.1, 0.15) is 78.5 Å². The van der Waals surface area contributed by atoms with Gasteiger partial charge in [0.2, 0.25) is 11.8 Å². The van der Waals surface area contributed by atoms with E-state index in [-0.39, 0.29) is 56.2 Å². The van der Waals surface area contributed by atoms with E-state index in [0.717, 1.165) is 34.5 Å². The predicted octanol–water partition coefficient (Wildman–Crippen LogP) is 4.98. The highest BCUT2D eigenvalue weighted by Gasteiger charge is 2.44. The van der Waals surface area contributed by atoms with Crippen LogP contribution in [0.2, 0.25) is 0 Å². The number of likely N-dealkylation sites (tertiary alicyclic amines) is 2. The second-order valence-electron chi connectivity index (χ2n) is 15.2. The molecule has 0 spiro atoms. The lowest BCUT2D eigenvalue weighted by Crippen LogP contribution is -2.51. The summed E-state index contributed by atoms with van der Waals surface area (Å²) >= 11 is 1.58. The average Bonchev–Trinajstić information content (AvgIpc) is 3.59. The lowest BCUT2D eigenvalue weighted by molar-refractivity contribution is -0.146. The van der Waals surface area contributed by atoms with Crippen molar-refractivity contribution in [1.29, 1.82) is 0 Å². The maximum atomic E-state index is 13.9. The number of hydrogen-bond acceptors (Lipinski definition) is 9. The minimum Gasteiger partial charge on any atom is -0.444 e. The number of hydrogen-bond donors (Lipinski definition) is 2. The minimum atomic E-state index is -0.821. The standard InChI is InChI=1S/C36H52N4O7S/c1-23-31(48-22-38-23)26-12-10-24(11-13-26)17-37-32(43)30-16-27(41)20-40(30)33(44)29(35(2,3)4)15-28(42)21-46-14-8-9-25-18-39(19-25)34(45)47-36(5,6)7/h10-13,22,25,27,29-30,41H,8-9,14-21H2,1-7H3,(H,37,43)/t27-,29-,30+/m1/s1. The normalized spacial score (nSPS) is 19.2. The minimum absolute atomic E-state index is 0.0116. The van der Waals surface area contributed by atoms with Crippen LogP contribution in [0.15, 0.2) is 29.8 Å². The molecule has 264 valence electrons. The topological polar surface area (TPSA) is 138 Å². The van der Waals surface area contributed by atoms with Gasteiger partial charge in [0.25, 0.3) is 0 Å². The number of benzene rings is 1. The number of aliphatic hydroxyl groups is 1. The van der Waals surface area contributed by atoms with Gasteiger partial charge >= 0.3 is 6.09 Å². The highest BCUT2D eigenvalue weighted by atomic mass is 32.1. The SMILES string of the molecule is Cc1ncsc1-c1ccc(CNC(=O)[C@@H]2C[C@@H](O)CN2C(=O)[C@@H](CC(=O)COCCCC2CN(C(=O)OC(C)(C)C)C2)C(C)(C)C)cc1. The monoisotopic (exact) mass is 684 g/mol. The number of rotatable bonds is 13. The molecule has 3 atom stereocenters. The summed E-state index contributed by atoms with van der Waals surface area (Å²) in [6.07, 6.45) is 0.671. The van der Waals surface area contributed by atoms with Crippen molar-refractivity contribution >= 4 is 35.0 Å². The number of ketones is 1. The number of aliphatic hydroxyl groups excluding tert-OH is 1. The number of thiazole rings is 1. The molecule has 4 rings (SSSR count). The van der Waals surface area contributed by atoms with Crippen LogP contribution in [-0.2, 0) is 30.4 Å². The molecule has 11 nitrogen and oxygen atoms in total. The first kappa shape index (κ1) is 37.5. The van der Waals surface area contributed by atoms with Crippen LogP contribution in [0.5, 0.6) is 0 Å². The third-order valence-electron chi connectivity index (χ3n) is 8.84. The molecule has 12 heteroatoms. The molecule has 3 heterocycles. The zero-order chi connectivity index (χ0) is 35.2. The average molecular weight is 685 g/mol. The highest BCUT2D eigenvalue weighted by Crippen LogP contribution is 2.34. The lowest BCUT2D eigenvalue weighted by Gasteiger charge is -2.39. The molecule has 3 amide bonds. The number of β-amino-alcohol motifs (C(OH)–C–C–N with tert-alkyl or cyclic N) is 1. The van der Waals surface area contributed by atoms with Gasteiger partial charge in [-0.3, -0.25) is 14.4 Å². The first-order chi connectivity index (χ1) is 22.5. The number of aryl methyl sites for hydroxylation is 1. The van der Waals surface area contributed by atoms with Gasteiger partial charge in [-0.05, 0) is 63.0 Å². The van der Waals surface area contributed by atoms with Gasteiger partial charge in [0.1, 0.15) is 18.2 Å². The number of ether oxygens (including phenoxy) is 2. The number of carbonyl (C=O) groups is 4. The highest BCUT2D eigenvalue weighted by molar-refractivity contribution is 7.13. The Balaban J connectivity index is 1.23. The van der Waals surface area contributed by atoms with E-state index >= 15 is 0 Å². The number of nitrogens with one attached hydrogen (secondary N) is 1. The van der Waals surface area contributed by atoms with Crippen molar-refractivity contribution in [3.63, 3.8) is 0 Å². The van der Waals surface area contributed by atoms with Crippen LogP contribution in [0.4, 0.5) is 4.79 Å². The fraction of sp³-hybridized carbons (Fsp3) is 0.639. The molecule has 2 fully saturated rings. The molecular weight excluding hydrogens is 632 g/mol. The van der Waals surface area contributed by atoms with Gasteiger partial charge in [-0.1, -0.05) is 45.0 Å². The maximum absolute atomic E-state index is 13.9. The van der Waals surface area contributed by atoms with E-state index in [4.69, 9.17) is 9.47 Å². The van der Waals surface area contributed by atoms with Crippen LogP contribution >= 0.6 is 11.3 Å².